The monoisotopic (exact) mass is 326 g/mol. The normalized spacial score (nSPS) is 15.8. The Kier molecular flexibility index (Phi) is 3.86. The molecule has 1 fully saturated rings. The van der Waals surface area contributed by atoms with E-state index in [1.807, 2.05) is 11.6 Å². The second kappa shape index (κ2) is 6.16. The molecule has 24 heavy (non-hydrogen) atoms. The quantitative estimate of drug-likeness (QED) is 0.774. The molecule has 0 unspecified atom stereocenters. The molecule has 3 heterocycles. The van der Waals surface area contributed by atoms with E-state index in [2.05, 4.69) is 25.7 Å². The first-order chi connectivity index (χ1) is 11.7. The zero-order valence-corrected chi connectivity index (χ0v) is 13.5. The highest BCUT2D eigenvalue weighted by Crippen LogP contribution is 2.28. The van der Waals surface area contributed by atoms with E-state index in [0.29, 0.717) is 17.5 Å². The Hall–Kier alpha value is -2.54. The maximum absolute atomic E-state index is 14.0. The zero-order chi connectivity index (χ0) is 16.5. The van der Waals surface area contributed by atoms with E-state index >= 15 is 0 Å². The van der Waals surface area contributed by atoms with Gasteiger partial charge in [0.25, 0.3) is 0 Å². The summed E-state index contributed by atoms with van der Waals surface area (Å²) in [5.41, 5.74) is 2.17. The fourth-order valence-corrected chi connectivity index (χ4v) is 3.14. The Bertz CT molecular complexity index is 869. The molecule has 0 saturated carbocycles. The molecule has 0 aliphatic carbocycles. The molecule has 2 aromatic heterocycles. The van der Waals surface area contributed by atoms with Crippen molar-refractivity contribution in [2.24, 2.45) is 0 Å². The van der Waals surface area contributed by atoms with Crippen LogP contribution in [-0.2, 0) is 0 Å². The minimum Gasteiger partial charge on any atom is -0.337 e. The number of piperidine rings is 1. The standard InChI is InChI=1S/C17H19FN6/c1-11-2-3-14(18)15(8-11)23-16-13-9-22-24(17(13)21-10-20-16)12-4-6-19-7-5-12/h2-3,8-10,12,19H,4-7H2,1H3,(H,20,21,23). The highest BCUT2D eigenvalue weighted by atomic mass is 19.1. The molecule has 1 aromatic carbocycles. The van der Waals surface area contributed by atoms with Crippen LogP contribution in [0.2, 0.25) is 0 Å². The summed E-state index contributed by atoms with van der Waals surface area (Å²) in [6.45, 7) is 3.89. The summed E-state index contributed by atoms with van der Waals surface area (Å²) >= 11 is 0. The van der Waals surface area contributed by atoms with E-state index < -0.39 is 0 Å². The number of hydrogen-bond donors (Lipinski definition) is 2. The van der Waals surface area contributed by atoms with Crippen molar-refractivity contribution in [1.82, 2.24) is 25.1 Å². The van der Waals surface area contributed by atoms with Gasteiger partial charge in [-0.25, -0.2) is 19.0 Å². The second-order valence-electron chi connectivity index (χ2n) is 6.14. The molecule has 1 aliphatic rings. The van der Waals surface area contributed by atoms with Crippen molar-refractivity contribution >= 4 is 22.5 Å². The summed E-state index contributed by atoms with van der Waals surface area (Å²) < 4.78 is 16.0. The first-order valence-corrected chi connectivity index (χ1v) is 8.14. The number of rotatable bonds is 3. The maximum Gasteiger partial charge on any atom is 0.163 e. The van der Waals surface area contributed by atoms with E-state index in [0.717, 1.165) is 42.5 Å². The Morgan fingerprint density at radius 3 is 2.92 bits per heavy atom. The van der Waals surface area contributed by atoms with Crippen LogP contribution in [0.1, 0.15) is 24.4 Å². The number of nitrogens with one attached hydrogen (secondary N) is 2. The number of aromatic nitrogens is 4. The van der Waals surface area contributed by atoms with Crippen LogP contribution >= 0.6 is 0 Å². The predicted molar refractivity (Wildman–Crippen MR) is 90.9 cm³/mol. The summed E-state index contributed by atoms with van der Waals surface area (Å²) in [5.74, 6) is 0.266. The van der Waals surface area contributed by atoms with Gasteiger partial charge in [-0.3, -0.25) is 0 Å². The zero-order valence-electron chi connectivity index (χ0n) is 13.5. The second-order valence-corrected chi connectivity index (χ2v) is 6.14. The van der Waals surface area contributed by atoms with Gasteiger partial charge in [0.05, 0.1) is 23.3 Å². The van der Waals surface area contributed by atoms with E-state index in [1.54, 1.807) is 18.3 Å². The summed E-state index contributed by atoms with van der Waals surface area (Å²) in [7, 11) is 0. The Morgan fingerprint density at radius 2 is 2.08 bits per heavy atom. The van der Waals surface area contributed by atoms with Crippen molar-refractivity contribution in [3.8, 4) is 0 Å². The van der Waals surface area contributed by atoms with Gasteiger partial charge >= 0.3 is 0 Å². The molecule has 2 N–H and O–H groups in total. The highest BCUT2D eigenvalue weighted by Gasteiger charge is 2.20. The molecule has 0 radical (unpaired) electrons. The van der Waals surface area contributed by atoms with Gasteiger partial charge in [0.15, 0.2) is 5.65 Å². The van der Waals surface area contributed by atoms with Crippen LogP contribution in [0.4, 0.5) is 15.9 Å². The molecule has 124 valence electrons. The van der Waals surface area contributed by atoms with Gasteiger partial charge in [0, 0.05) is 0 Å². The number of halogens is 1. The Morgan fingerprint density at radius 1 is 1.25 bits per heavy atom. The highest BCUT2D eigenvalue weighted by molar-refractivity contribution is 5.88. The summed E-state index contributed by atoms with van der Waals surface area (Å²) in [5, 5.41) is 11.7. The molecule has 0 amide bonds. The topological polar surface area (TPSA) is 67.7 Å². The molecular weight excluding hydrogens is 307 g/mol. The van der Waals surface area contributed by atoms with Crippen LogP contribution in [0.25, 0.3) is 11.0 Å². The van der Waals surface area contributed by atoms with Crippen LogP contribution in [-0.4, -0.2) is 32.8 Å². The molecule has 1 aliphatic heterocycles. The van der Waals surface area contributed by atoms with Gasteiger partial charge in [0.2, 0.25) is 0 Å². The lowest BCUT2D eigenvalue weighted by molar-refractivity contribution is 0.349. The number of aryl methyl sites for hydroxylation is 1. The fourth-order valence-electron chi connectivity index (χ4n) is 3.14. The number of fused-ring (bicyclic) bond motifs is 1. The van der Waals surface area contributed by atoms with Gasteiger partial charge in [-0.2, -0.15) is 5.10 Å². The van der Waals surface area contributed by atoms with Crippen LogP contribution in [0.5, 0.6) is 0 Å². The minimum absolute atomic E-state index is 0.307. The van der Waals surface area contributed by atoms with E-state index in [9.17, 15) is 4.39 Å². The molecule has 3 aromatic rings. The van der Waals surface area contributed by atoms with Crippen molar-refractivity contribution in [2.45, 2.75) is 25.8 Å². The lowest BCUT2D eigenvalue weighted by Gasteiger charge is -2.23. The van der Waals surface area contributed by atoms with Gasteiger partial charge < -0.3 is 10.6 Å². The summed E-state index contributed by atoms with van der Waals surface area (Å²) in [4.78, 5) is 8.67. The molecular formula is C17H19FN6. The van der Waals surface area contributed by atoms with E-state index in [1.165, 1.54) is 12.4 Å². The van der Waals surface area contributed by atoms with Gasteiger partial charge in [-0.1, -0.05) is 6.07 Å². The van der Waals surface area contributed by atoms with Crippen LogP contribution in [0.15, 0.2) is 30.7 Å². The maximum atomic E-state index is 14.0. The lowest BCUT2D eigenvalue weighted by Crippen LogP contribution is -2.29. The van der Waals surface area contributed by atoms with Gasteiger partial charge in [-0.05, 0) is 50.6 Å². The van der Waals surface area contributed by atoms with Crippen molar-refractivity contribution in [2.75, 3.05) is 18.4 Å². The molecule has 0 bridgehead atoms. The van der Waals surface area contributed by atoms with Gasteiger partial charge in [-0.15, -0.1) is 0 Å². The van der Waals surface area contributed by atoms with Crippen molar-refractivity contribution < 1.29 is 4.39 Å². The Balaban J connectivity index is 1.71. The largest absolute Gasteiger partial charge is 0.337 e. The van der Waals surface area contributed by atoms with Gasteiger partial charge in [0.1, 0.15) is 18.0 Å². The SMILES string of the molecule is Cc1ccc(F)c(Nc2ncnc3c2cnn3C2CCNCC2)c1. The average molecular weight is 326 g/mol. The molecule has 7 heteroatoms. The molecule has 4 rings (SSSR count). The smallest absolute Gasteiger partial charge is 0.163 e. The number of anilines is 2. The molecule has 0 spiro atoms. The van der Waals surface area contributed by atoms with Crippen molar-refractivity contribution in [3.63, 3.8) is 0 Å². The number of hydrogen-bond acceptors (Lipinski definition) is 5. The van der Waals surface area contributed by atoms with Crippen LogP contribution in [0, 0.1) is 12.7 Å². The van der Waals surface area contributed by atoms with Crippen LogP contribution in [0.3, 0.4) is 0 Å². The minimum atomic E-state index is -0.307. The predicted octanol–water partition coefficient (Wildman–Crippen LogP) is 2.94. The van der Waals surface area contributed by atoms with E-state index in [-0.39, 0.29) is 5.82 Å². The molecule has 6 nitrogen and oxygen atoms in total. The third-order valence-corrected chi connectivity index (χ3v) is 4.42. The number of benzene rings is 1. The van der Waals surface area contributed by atoms with Crippen molar-refractivity contribution in [1.29, 1.82) is 0 Å². The first-order valence-electron chi connectivity index (χ1n) is 8.14. The first kappa shape index (κ1) is 15.0. The molecule has 0 atom stereocenters. The summed E-state index contributed by atoms with van der Waals surface area (Å²) in [6, 6.07) is 5.29. The number of nitrogens with zero attached hydrogens (tertiary/aromatic N) is 4. The average Bonchev–Trinajstić information content (AvgIpc) is 3.04. The van der Waals surface area contributed by atoms with Crippen LogP contribution < -0.4 is 10.6 Å². The van der Waals surface area contributed by atoms with E-state index in [4.69, 9.17) is 0 Å². The Labute approximate surface area is 139 Å². The lowest BCUT2D eigenvalue weighted by atomic mass is 10.1. The van der Waals surface area contributed by atoms with Crippen molar-refractivity contribution in [3.05, 3.63) is 42.1 Å². The third kappa shape index (κ3) is 2.71. The fraction of sp³-hybridized carbons (Fsp3) is 0.353. The third-order valence-electron chi connectivity index (χ3n) is 4.42. The molecule has 1 saturated heterocycles. The summed E-state index contributed by atoms with van der Waals surface area (Å²) in [6.07, 6.45) is 5.30.